The van der Waals surface area contributed by atoms with Gasteiger partial charge in [-0.05, 0) is 39.9 Å². The third-order valence-electron chi connectivity index (χ3n) is 3.86. The summed E-state index contributed by atoms with van der Waals surface area (Å²) in [5.74, 6) is 0.675. The van der Waals surface area contributed by atoms with E-state index in [2.05, 4.69) is 49.1 Å². The highest BCUT2D eigenvalue weighted by Gasteiger charge is 2.35. The number of rotatable bonds is 6. The monoisotopic (exact) mass is 252 g/mol. The van der Waals surface area contributed by atoms with Crippen LogP contribution in [-0.4, -0.2) is 61.7 Å². The van der Waals surface area contributed by atoms with Gasteiger partial charge in [0.15, 0.2) is 0 Å². The average Bonchev–Trinajstić information content (AvgIpc) is 2.67. The van der Waals surface area contributed by atoms with Crippen LogP contribution in [0.4, 0.5) is 0 Å². The van der Waals surface area contributed by atoms with Crippen molar-refractivity contribution in [1.29, 1.82) is 5.26 Å². The van der Waals surface area contributed by atoms with E-state index < -0.39 is 5.54 Å². The van der Waals surface area contributed by atoms with E-state index in [0.717, 1.165) is 32.6 Å². The van der Waals surface area contributed by atoms with Gasteiger partial charge in [-0.1, -0.05) is 13.8 Å². The molecule has 1 fully saturated rings. The quantitative estimate of drug-likeness (QED) is 0.770. The molecule has 1 rings (SSSR count). The van der Waals surface area contributed by atoms with Crippen LogP contribution in [0, 0.1) is 17.2 Å². The van der Waals surface area contributed by atoms with Crippen LogP contribution >= 0.6 is 0 Å². The molecule has 0 aromatic carbocycles. The van der Waals surface area contributed by atoms with Crippen LogP contribution in [0.3, 0.4) is 0 Å². The minimum Gasteiger partial charge on any atom is -0.305 e. The predicted molar refractivity (Wildman–Crippen MR) is 75.4 cm³/mol. The SMILES string of the molecule is CCCNC(C)(C#N)CN1CC(C)C(N(C)C)C1. The first kappa shape index (κ1) is 15.4. The van der Waals surface area contributed by atoms with Gasteiger partial charge in [-0.15, -0.1) is 0 Å². The second kappa shape index (κ2) is 6.51. The van der Waals surface area contributed by atoms with E-state index in [1.54, 1.807) is 0 Å². The summed E-state index contributed by atoms with van der Waals surface area (Å²) < 4.78 is 0. The summed E-state index contributed by atoms with van der Waals surface area (Å²) in [7, 11) is 4.28. The zero-order valence-corrected chi connectivity index (χ0v) is 12.5. The number of nitrogens with one attached hydrogen (secondary N) is 1. The Morgan fingerprint density at radius 2 is 2.11 bits per heavy atom. The molecule has 0 aromatic rings. The van der Waals surface area contributed by atoms with Crippen LogP contribution in [0.5, 0.6) is 0 Å². The molecule has 1 aliphatic rings. The zero-order chi connectivity index (χ0) is 13.8. The average molecular weight is 252 g/mol. The molecule has 1 aliphatic heterocycles. The van der Waals surface area contributed by atoms with E-state index in [1.165, 1.54) is 0 Å². The molecular weight excluding hydrogens is 224 g/mol. The molecule has 0 radical (unpaired) electrons. The van der Waals surface area contributed by atoms with Crippen LogP contribution in [0.15, 0.2) is 0 Å². The Labute approximate surface area is 112 Å². The number of hydrogen-bond donors (Lipinski definition) is 1. The highest BCUT2D eigenvalue weighted by Crippen LogP contribution is 2.21. The molecule has 0 spiro atoms. The fourth-order valence-electron chi connectivity index (χ4n) is 2.83. The van der Waals surface area contributed by atoms with Gasteiger partial charge in [-0.2, -0.15) is 5.26 Å². The predicted octanol–water partition coefficient (Wildman–Crippen LogP) is 1.15. The summed E-state index contributed by atoms with van der Waals surface area (Å²) in [6, 6.07) is 3.04. The lowest BCUT2D eigenvalue weighted by atomic mass is 10.0. The molecular formula is C14H28N4. The maximum atomic E-state index is 9.36. The molecule has 3 unspecified atom stereocenters. The normalized spacial score (nSPS) is 28.3. The van der Waals surface area contributed by atoms with Gasteiger partial charge < -0.3 is 4.90 Å². The van der Waals surface area contributed by atoms with Gasteiger partial charge in [0.2, 0.25) is 0 Å². The van der Waals surface area contributed by atoms with Crippen molar-refractivity contribution in [3.8, 4) is 6.07 Å². The third kappa shape index (κ3) is 3.94. The van der Waals surface area contributed by atoms with Crippen LogP contribution < -0.4 is 5.32 Å². The molecule has 0 saturated carbocycles. The number of likely N-dealkylation sites (N-methyl/N-ethyl adjacent to an activating group) is 1. The Bertz CT molecular complexity index is 297. The van der Waals surface area contributed by atoms with Crippen LogP contribution in [0.1, 0.15) is 27.2 Å². The molecule has 0 aromatic heterocycles. The van der Waals surface area contributed by atoms with Crippen LogP contribution in [0.25, 0.3) is 0 Å². The second-order valence-corrected chi connectivity index (χ2v) is 6.07. The van der Waals surface area contributed by atoms with Crippen molar-refractivity contribution in [3.05, 3.63) is 0 Å². The first-order chi connectivity index (χ1) is 8.41. The molecule has 1 heterocycles. The largest absolute Gasteiger partial charge is 0.305 e. The third-order valence-corrected chi connectivity index (χ3v) is 3.86. The van der Waals surface area contributed by atoms with Gasteiger partial charge in [-0.25, -0.2) is 0 Å². The van der Waals surface area contributed by atoms with Crippen molar-refractivity contribution in [2.45, 2.75) is 38.8 Å². The van der Waals surface area contributed by atoms with Crippen molar-refractivity contribution >= 4 is 0 Å². The van der Waals surface area contributed by atoms with Crippen molar-refractivity contribution in [2.75, 3.05) is 40.3 Å². The smallest absolute Gasteiger partial charge is 0.116 e. The maximum absolute atomic E-state index is 9.36. The Morgan fingerprint density at radius 3 is 2.56 bits per heavy atom. The van der Waals surface area contributed by atoms with Gasteiger partial charge in [0.25, 0.3) is 0 Å². The summed E-state index contributed by atoms with van der Waals surface area (Å²) in [6.07, 6.45) is 1.06. The highest BCUT2D eigenvalue weighted by molar-refractivity contribution is 5.07. The fraction of sp³-hybridized carbons (Fsp3) is 0.929. The van der Waals surface area contributed by atoms with E-state index in [0.29, 0.717) is 12.0 Å². The molecule has 18 heavy (non-hydrogen) atoms. The molecule has 4 heteroatoms. The Balaban J connectivity index is 2.55. The maximum Gasteiger partial charge on any atom is 0.116 e. The number of likely N-dealkylation sites (tertiary alicyclic amines) is 1. The van der Waals surface area contributed by atoms with E-state index in [-0.39, 0.29) is 0 Å². The Hall–Kier alpha value is -0.630. The molecule has 4 nitrogen and oxygen atoms in total. The lowest BCUT2D eigenvalue weighted by Gasteiger charge is -2.29. The van der Waals surface area contributed by atoms with Gasteiger partial charge in [0, 0.05) is 25.7 Å². The number of nitrogens with zero attached hydrogens (tertiary/aromatic N) is 3. The minimum absolute atomic E-state index is 0.420. The standard InChI is InChI=1S/C14H28N4/c1-6-7-16-14(3,10-15)11-18-8-12(2)13(9-18)17(4)5/h12-13,16H,6-9,11H2,1-5H3. The van der Waals surface area contributed by atoms with E-state index >= 15 is 0 Å². The Kier molecular flexibility index (Phi) is 5.58. The van der Waals surface area contributed by atoms with Crippen molar-refractivity contribution in [2.24, 2.45) is 5.92 Å². The lowest BCUT2D eigenvalue weighted by Crippen LogP contribution is -2.50. The molecule has 0 bridgehead atoms. The van der Waals surface area contributed by atoms with Crippen LogP contribution in [-0.2, 0) is 0 Å². The molecule has 0 aliphatic carbocycles. The number of nitriles is 1. The summed E-state index contributed by atoms with van der Waals surface area (Å²) in [5.41, 5.74) is -0.420. The van der Waals surface area contributed by atoms with E-state index in [1.807, 2.05) is 6.92 Å². The van der Waals surface area contributed by atoms with Crippen molar-refractivity contribution in [3.63, 3.8) is 0 Å². The van der Waals surface area contributed by atoms with Crippen molar-refractivity contribution in [1.82, 2.24) is 15.1 Å². The van der Waals surface area contributed by atoms with Gasteiger partial charge in [0.05, 0.1) is 6.07 Å². The first-order valence-corrected chi connectivity index (χ1v) is 6.97. The molecule has 1 N–H and O–H groups in total. The molecule has 104 valence electrons. The summed E-state index contributed by atoms with van der Waals surface area (Å²) in [4.78, 5) is 4.72. The summed E-state index contributed by atoms with van der Waals surface area (Å²) >= 11 is 0. The Morgan fingerprint density at radius 1 is 1.44 bits per heavy atom. The van der Waals surface area contributed by atoms with E-state index in [9.17, 15) is 5.26 Å². The lowest BCUT2D eigenvalue weighted by molar-refractivity contribution is 0.230. The van der Waals surface area contributed by atoms with Crippen LogP contribution in [0.2, 0.25) is 0 Å². The first-order valence-electron chi connectivity index (χ1n) is 6.97. The molecule has 3 atom stereocenters. The highest BCUT2D eigenvalue weighted by atomic mass is 15.3. The minimum atomic E-state index is -0.420. The van der Waals surface area contributed by atoms with Gasteiger partial charge in [-0.3, -0.25) is 10.2 Å². The zero-order valence-electron chi connectivity index (χ0n) is 12.5. The second-order valence-electron chi connectivity index (χ2n) is 6.07. The summed E-state index contributed by atoms with van der Waals surface area (Å²) in [6.45, 7) is 10.3. The fourth-order valence-corrected chi connectivity index (χ4v) is 2.83. The van der Waals surface area contributed by atoms with Gasteiger partial charge in [0.1, 0.15) is 5.54 Å². The number of hydrogen-bond acceptors (Lipinski definition) is 4. The van der Waals surface area contributed by atoms with Gasteiger partial charge >= 0.3 is 0 Å². The topological polar surface area (TPSA) is 42.3 Å². The van der Waals surface area contributed by atoms with E-state index in [4.69, 9.17) is 0 Å². The van der Waals surface area contributed by atoms with Crippen molar-refractivity contribution < 1.29 is 0 Å². The molecule has 1 saturated heterocycles. The summed E-state index contributed by atoms with van der Waals surface area (Å²) in [5, 5.41) is 12.7. The molecule has 0 amide bonds.